The number of hydrogen-bond acceptors (Lipinski definition) is 3. The van der Waals surface area contributed by atoms with Gasteiger partial charge in [0, 0.05) is 6.54 Å². The summed E-state index contributed by atoms with van der Waals surface area (Å²) < 4.78 is 5.15. The van der Waals surface area contributed by atoms with Crippen LogP contribution in [0.5, 0.6) is 5.75 Å². The molecule has 0 radical (unpaired) electrons. The van der Waals surface area contributed by atoms with E-state index in [1.165, 1.54) is 5.56 Å². The fourth-order valence-corrected chi connectivity index (χ4v) is 2.01. The monoisotopic (exact) mass is 292 g/mol. The summed E-state index contributed by atoms with van der Waals surface area (Å²) in [6, 6.07) is 7.56. The van der Waals surface area contributed by atoms with Gasteiger partial charge in [-0.3, -0.25) is 4.79 Å². The number of methoxy groups -OCH3 is 1. The third-order valence-electron chi connectivity index (χ3n) is 3.78. The van der Waals surface area contributed by atoms with Gasteiger partial charge in [-0.05, 0) is 35.4 Å². The third kappa shape index (κ3) is 5.38. The Hall–Kier alpha value is -1.55. The minimum absolute atomic E-state index is 0.0792. The fraction of sp³-hybridized carbons (Fsp3) is 0.588. The molecule has 0 saturated carbocycles. The number of rotatable bonds is 6. The maximum atomic E-state index is 11.9. The number of ether oxygens (including phenoxy) is 1. The summed E-state index contributed by atoms with van der Waals surface area (Å²) in [5, 5.41) is 2.92. The molecule has 0 aliphatic heterocycles. The smallest absolute Gasteiger partial charge is 0.237 e. The standard InChI is InChI=1S/C17H28N2O2/c1-12(13-6-8-14(21-5)9-7-13)10-11-19-16(20)15(18)17(2,3)4/h6-9,12,15H,10-11,18H2,1-5H3,(H,19,20)/t12?,15-/m1/s1. The quantitative estimate of drug-likeness (QED) is 0.847. The number of amides is 1. The predicted octanol–water partition coefficient (Wildman–Crippen LogP) is 2.68. The van der Waals surface area contributed by atoms with E-state index in [0.29, 0.717) is 12.5 Å². The number of carbonyl (C=O) groups excluding carboxylic acids is 1. The van der Waals surface area contributed by atoms with Crippen LogP contribution in [0.1, 0.15) is 45.6 Å². The van der Waals surface area contributed by atoms with Gasteiger partial charge in [-0.1, -0.05) is 39.8 Å². The molecule has 3 N–H and O–H groups in total. The van der Waals surface area contributed by atoms with E-state index in [1.54, 1.807) is 7.11 Å². The lowest BCUT2D eigenvalue weighted by atomic mass is 9.87. The van der Waals surface area contributed by atoms with Crippen LogP contribution in [0.2, 0.25) is 0 Å². The Morgan fingerprint density at radius 3 is 2.33 bits per heavy atom. The van der Waals surface area contributed by atoms with Gasteiger partial charge in [-0.15, -0.1) is 0 Å². The number of hydrogen-bond donors (Lipinski definition) is 2. The summed E-state index contributed by atoms with van der Waals surface area (Å²) in [7, 11) is 1.66. The van der Waals surface area contributed by atoms with Crippen LogP contribution < -0.4 is 15.8 Å². The summed E-state index contributed by atoms with van der Waals surface area (Å²) in [5.74, 6) is 1.15. The average Bonchev–Trinajstić information content (AvgIpc) is 2.45. The van der Waals surface area contributed by atoms with Gasteiger partial charge in [0.1, 0.15) is 5.75 Å². The average molecular weight is 292 g/mol. The summed E-state index contributed by atoms with van der Waals surface area (Å²) in [4.78, 5) is 11.9. The maximum Gasteiger partial charge on any atom is 0.237 e. The van der Waals surface area contributed by atoms with Gasteiger partial charge in [0.15, 0.2) is 0 Å². The molecule has 0 aliphatic rings. The molecule has 0 aliphatic carbocycles. The van der Waals surface area contributed by atoms with E-state index >= 15 is 0 Å². The molecule has 1 aromatic rings. The molecule has 0 bridgehead atoms. The van der Waals surface area contributed by atoms with Crippen molar-refractivity contribution in [2.75, 3.05) is 13.7 Å². The van der Waals surface area contributed by atoms with Crippen molar-refractivity contribution in [3.63, 3.8) is 0 Å². The van der Waals surface area contributed by atoms with Gasteiger partial charge < -0.3 is 15.8 Å². The molecule has 0 spiro atoms. The second-order valence-electron chi connectivity index (χ2n) is 6.60. The maximum absolute atomic E-state index is 11.9. The van der Waals surface area contributed by atoms with Gasteiger partial charge in [-0.2, -0.15) is 0 Å². The first kappa shape index (κ1) is 17.5. The van der Waals surface area contributed by atoms with Gasteiger partial charge in [0.2, 0.25) is 5.91 Å². The van der Waals surface area contributed by atoms with Crippen molar-refractivity contribution in [3.05, 3.63) is 29.8 Å². The Morgan fingerprint density at radius 2 is 1.86 bits per heavy atom. The number of benzene rings is 1. The SMILES string of the molecule is COc1ccc(C(C)CCNC(=O)[C@@H](N)C(C)(C)C)cc1. The summed E-state index contributed by atoms with van der Waals surface area (Å²) in [5.41, 5.74) is 6.95. The molecule has 0 saturated heterocycles. The highest BCUT2D eigenvalue weighted by atomic mass is 16.5. The van der Waals surface area contributed by atoms with Gasteiger partial charge in [0.05, 0.1) is 13.2 Å². The second-order valence-corrected chi connectivity index (χ2v) is 6.60. The summed E-state index contributed by atoms with van der Waals surface area (Å²) >= 11 is 0. The second kappa shape index (κ2) is 7.46. The van der Waals surface area contributed by atoms with Crippen molar-refractivity contribution in [3.8, 4) is 5.75 Å². The lowest BCUT2D eigenvalue weighted by molar-refractivity contribution is -0.124. The summed E-state index contributed by atoms with van der Waals surface area (Å²) in [6.07, 6.45) is 0.884. The van der Waals surface area contributed by atoms with Gasteiger partial charge in [-0.25, -0.2) is 0 Å². The van der Waals surface area contributed by atoms with Crippen LogP contribution in [0.4, 0.5) is 0 Å². The van der Waals surface area contributed by atoms with Gasteiger partial charge >= 0.3 is 0 Å². The molecule has 1 amide bonds. The molecule has 4 heteroatoms. The van der Waals surface area contributed by atoms with Crippen molar-refractivity contribution < 1.29 is 9.53 Å². The highest BCUT2D eigenvalue weighted by molar-refractivity contribution is 5.82. The van der Waals surface area contributed by atoms with Crippen molar-refractivity contribution in [2.45, 2.75) is 46.1 Å². The molecule has 0 heterocycles. The van der Waals surface area contributed by atoms with Crippen LogP contribution >= 0.6 is 0 Å². The van der Waals surface area contributed by atoms with Crippen molar-refractivity contribution in [1.82, 2.24) is 5.32 Å². The van der Waals surface area contributed by atoms with E-state index in [1.807, 2.05) is 32.9 Å². The fourth-order valence-electron chi connectivity index (χ4n) is 2.01. The van der Waals surface area contributed by atoms with E-state index in [9.17, 15) is 4.79 Å². The van der Waals surface area contributed by atoms with Crippen molar-refractivity contribution >= 4 is 5.91 Å². The highest BCUT2D eigenvalue weighted by Crippen LogP contribution is 2.21. The molecule has 2 atom stereocenters. The van der Waals surface area contributed by atoms with E-state index in [0.717, 1.165) is 12.2 Å². The number of nitrogens with two attached hydrogens (primary N) is 1. The van der Waals surface area contributed by atoms with Crippen LogP contribution in [0.3, 0.4) is 0 Å². The van der Waals surface area contributed by atoms with Crippen molar-refractivity contribution in [1.29, 1.82) is 0 Å². The molecule has 0 fully saturated rings. The van der Waals surface area contributed by atoms with Crippen LogP contribution in [0, 0.1) is 5.41 Å². The molecular formula is C17H28N2O2. The zero-order chi connectivity index (χ0) is 16.0. The Labute approximate surface area is 128 Å². The van der Waals surface area contributed by atoms with E-state index in [2.05, 4.69) is 24.4 Å². The van der Waals surface area contributed by atoms with E-state index in [-0.39, 0.29) is 11.3 Å². The minimum atomic E-state index is -0.478. The lowest BCUT2D eigenvalue weighted by Crippen LogP contribution is -2.48. The van der Waals surface area contributed by atoms with E-state index < -0.39 is 6.04 Å². The topological polar surface area (TPSA) is 64.3 Å². The molecule has 1 rings (SSSR count). The van der Waals surface area contributed by atoms with Crippen LogP contribution in [-0.2, 0) is 4.79 Å². The number of carbonyl (C=O) groups is 1. The van der Waals surface area contributed by atoms with Crippen molar-refractivity contribution in [2.24, 2.45) is 11.1 Å². The molecule has 4 nitrogen and oxygen atoms in total. The minimum Gasteiger partial charge on any atom is -0.497 e. The third-order valence-corrected chi connectivity index (χ3v) is 3.78. The normalized spacial score (nSPS) is 14.4. The first-order chi connectivity index (χ1) is 9.75. The van der Waals surface area contributed by atoms with E-state index in [4.69, 9.17) is 10.5 Å². The molecule has 0 aromatic heterocycles. The molecule has 1 aromatic carbocycles. The first-order valence-corrected chi connectivity index (χ1v) is 7.43. The van der Waals surface area contributed by atoms with Gasteiger partial charge in [0.25, 0.3) is 0 Å². The summed E-state index contributed by atoms with van der Waals surface area (Å²) in [6.45, 7) is 8.69. The van der Waals surface area contributed by atoms with Crippen LogP contribution in [0.15, 0.2) is 24.3 Å². The lowest BCUT2D eigenvalue weighted by Gasteiger charge is -2.26. The highest BCUT2D eigenvalue weighted by Gasteiger charge is 2.27. The molecular weight excluding hydrogens is 264 g/mol. The predicted molar refractivity (Wildman–Crippen MR) is 86.5 cm³/mol. The molecule has 118 valence electrons. The first-order valence-electron chi connectivity index (χ1n) is 7.43. The Bertz CT molecular complexity index is 449. The Balaban J connectivity index is 2.42. The molecule has 1 unspecified atom stereocenters. The molecule has 21 heavy (non-hydrogen) atoms. The zero-order valence-corrected chi connectivity index (χ0v) is 13.8. The zero-order valence-electron chi connectivity index (χ0n) is 13.8. The van der Waals surface area contributed by atoms with Crippen LogP contribution in [-0.4, -0.2) is 25.6 Å². The Kier molecular flexibility index (Phi) is 6.21. The van der Waals surface area contributed by atoms with Crippen LogP contribution in [0.25, 0.3) is 0 Å². The number of nitrogens with one attached hydrogen (secondary N) is 1. The Morgan fingerprint density at radius 1 is 1.29 bits per heavy atom. The largest absolute Gasteiger partial charge is 0.497 e.